The summed E-state index contributed by atoms with van der Waals surface area (Å²) in [6.45, 7) is 2.88. The summed E-state index contributed by atoms with van der Waals surface area (Å²) < 4.78 is 0. The molecule has 0 heterocycles. The lowest BCUT2D eigenvalue weighted by molar-refractivity contribution is 0.716. The van der Waals surface area contributed by atoms with Crippen molar-refractivity contribution in [2.24, 2.45) is 17.6 Å². The van der Waals surface area contributed by atoms with Gasteiger partial charge in [-0.1, -0.05) is 6.92 Å². The molecule has 2 N–H and O–H groups in total. The molecule has 0 aromatic heterocycles. The van der Waals surface area contributed by atoms with Crippen molar-refractivity contribution >= 4 is 0 Å². The fourth-order valence-electron chi connectivity index (χ4n) is 1.14. The predicted octanol–water partition coefficient (Wildman–Crippen LogP) is 2.16. The molecule has 2 aliphatic rings. The molecule has 0 atom stereocenters. The average Bonchev–Trinajstić information content (AvgIpc) is 2.72. The van der Waals surface area contributed by atoms with E-state index in [9.17, 15) is 0 Å². The first-order chi connectivity index (χ1) is 4.88. The van der Waals surface area contributed by atoms with Crippen LogP contribution in [-0.4, -0.2) is 6.54 Å². The summed E-state index contributed by atoms with van der Waals surface area (Å²) in [5.74, 6) is 2.43. The summed E-state index contributed by atoms with van der Waals surface area (Å²) >= 11 is 0. The van der Waals surface area contributed by atoms with Gasteiger partial charge in [0, 0.05) is 0 Å². The first-order valence-corrected chi connectivity index (χ1v) is 4.58. The molecule has 0 bridgehead atoms. The van der Waals surface area contributed by atoms with Crippen LogP contribution in [0.2, 0.25) is 0 Å². The van der Waals surface area contributed by atoms with Gasteiger partial charge in [0.1, 0.15) is 0 Å². The summed E-state index contributed by atoms with van der Waals surface area (Å²) in [5, 5.41) is 0. The summed E-state index contributed by atoms with van der Waals surface area (Å²) in [5.41, 5.74) is 5.03. The Hall–Kier alpha value is -0.0400. The Morgan fingerprint density at radius 3 is 1.50 bits per heavy atom. The minimum atomic E-state index is 0.819. The average molecular weight is 141 g/mol. The maximum absolute atomic E-state index is 5.03. The second-order valence-electron chi connectivity index (χ2n) is 3.46. The molecule has 0 amide bonds. The van der Waals surface area contributed by atoms with Gasteiger partial charge in [-0.3, -0.25) is 0 Å². The largest absolute Gasteiger partial charge is 0.330 e. The van der Waals surface area contributed by atoms with Gasteiger partial charge in [0.15, 0.2) is 0 Å². The molecule has 0 aliphatic heterocycles. The maximum Gasteiger partial charge on any atom is -0.00799 e. The monoisotopic (exact) mass is 141 g/mol. The van der Waals surface area contributed by atoms with Crippen LogP contribution in [0, 0.1) is 11.8 Å². The van der Waals surface area contributed by atoms with E-state index in [2.05, 4.69) is 6.92 Å². The molecule has 10 heavy (non-hydrogen) atoms. The molecular formula is C9H19N. The smallest absolute Gasteiger partial charge is 0.00799 e. The third-order valence-corrected chi connectivity index (χ3v) is 2.20. The molecule has 2 rings (SSSR count). The minimum Gasteiger partial charge on any atom is -0.330 e. The molecule has 1 nitrogen and oxygen atoms in total. The van der Waals surface area contributed by atoms with Crippen molar-refractivity contribution in [3.05, 3.63) is 0 Å². The van der Waals surface area contributed by atoms with E-state index >= 15 is 0 Å². The molecular weight excluding hydrogens is 122 g/mol. The van der Waals surface area contributed by atoms with Gasteiger partial charge in [-0.05, 0) is 50.5 Å². The van der Waals surface area contributed by atoms with E-state index in [1.165, 1.54) is 11.8 Å². The lowest BCUT2D eigenvalue weighted by Crippen LogP contribution is -1.93. The third-order valence-electron chi connectivity index (χ3n) is 2.20. The molecule has 0 aromatic carbocycles. The van der Waals surface area contributed by atoms with Crippen molar-refractivity contribution in [1.82, 2.24) is 0 Å². The second-order valence-corrected chi connectivity index (χ2v) is 3.46. The Bertz CT molecular complexity index is 70.7. The zero-order valence-corrected chi connectivity index (χ0v) is 6.97. The van der Waals surface area contributed by atoms with Gasteiger partial charge in [0.2, 0.25) is 0 Å². The first kappa shape index (κ1) is 8.06. The highest BCUT2D eigenvalue weighted by molar-refractivity contribution is 4.89. The topological polar surface area (TPSA) is 26.0 Å². The Morgan fingerprint density at radius 1 is 1.10 bits per heavy atom. The Labute approximate surface area is 64.0 Å². The highest BCUT2D eigenvalue weighted by atomic mass is 14.5. The molecule has 0 unspecified atom stereocenters. The van der Waals surface area contributed by atoms with Crippen molar-refractivity contribution in [2.45, 2.75) is 39.0 Å². The van der Waals surface area contributed by atoms with Crippen LogP contribution in [0.5, 0.6) is 0 Å². The number of nitrogens with two attached hydrogens (primary N) is 1. The van der Waals surface area contributed by atoms with Gasteiger partial charge >= 0.3 is 0 Å². The molecule has 2 aliphatic carbocycles. The van der Waals surface area contributed by atoms with E-state index in [-0.39, 0.29) is 0 Å². The van der Waals surface area contributed by atoms with Crippen LogP contribution in [0.1, 0.15) is 39.0 Å². The number of rotatable bonds is 2. The van der Waals surface area contributed by atoms with Gasteiger partial charge in [0.05, 0.1) is 0 Å². The second kappa shape index (κ2) is 3.97. The summed E-state index contributed by atoms with van der Waals surface area (Å²) in [6, 6.07) is 0. The van der Waals surface area contributed by atoms with Crippen LogP contribution < -0.4 is 5.73 Å². The van der Waals surface area contributed by atoms with Crippen LogP contribution in [-0.2, 0) is 0 Å². The molecule has 60 valence electrons. The Balaban J connectivity index is 0.000000112. The molecule has 0 aromatic rings. The van der Waals surface area contributed by atoms with E-state index in [1.54, 1.807) is 25.7 Å². The number of hydrogen-bond donors (Lipinski definition) is 1. The van der Waals surface area contributed by atoms with Crippen LogP contribution in [0.15, 0.2) is 0 Å². The van der Waals surface area contributed by atoms with Crippen LogP contribution in [0.25, 0.3) is 0 Å². The predicted molar refractivity (Wildman–Crippen MR) is 44.8 cm³/mol. The third kappa shape index (κ3) is 3.21. The van der Waals surface area contributed by atoms with E-state index < -0.39 is 0 Å². The lowest BCUT2D eigenvalue weighted by atomic mass is 10.3. The van der Waals surface area contributed by atoms with Crippen LogP contribution in [0.4, 0.5) is 0 Å². The SMILES string of the molecule is C1CC1C1CC1.CCCN. The molecule has 0 spiro atoms. The zero-order valence-electron chi connectivity index (χ0n) is 6.97. The fourth-order valence-corrected chi connectivity index (χ4v) is 1.14. The zero-order chi connectivity index (χ0) is 7.40. The normalized spacial score (nSPS) is 23.4. The van der Waals surface area contributed by atoms with Gasteiger partial charge in [-0.15, -0.1) is 0 Å². The standard InChI is InChI=1S/C6H10.C3H9N/c1-2-5(1)6-3-4-6;1-2-3-4/h5-6H,1-4H2;2-4H2,1H3. The highest BCUT2D eigenvalue weighted by Gasteiger charge is 2.37. The molecule has 0 saturated heterocycles. The first-order valence-electron chi connectivity index (χ1n) is 4.58. The lowest BCUT2D eigenvalue weighted by Gasteiger charge is -1.77. The van der Waals surface area contributed by atoms with E-state index in [0.29, 0.717) is 0 Å². The maximum atomic E-state index is 5.03. The molecule has 2 fully saturated rings. The van der Waals surface area contributed by atoms with E-state index in [0.717, 1.165) is 13.0 Å². The molecule has 1 heteroatoms. The van der Waals surface area contributed by atoms with Crippen molar-refractivity contribution in [3.8, 4) is 0 Å². The van der Waals surface area contributed by atoms with Crippen molar-refractivity contribution < 1.29 is 0 Å². The van der Waals surface area contributed by atoms with Crippen LogP contribution in [0.3, 0.4) is 0 Å². The van der Waals surface area contributed by atoms with E-state index in [1.807, 2.05) is 0 Å². The Kier molecular flexibility index (Phi) is 3.20. The minimum absolute atomic E-state index is 0.819. The van der Waals surface area contributed by atoms with Crippen molar-refractivity contribution in [2.75, 3.05) is 6.54 Å². The quantitative estimate of drug-likeness (QED) is 0.626. The van der Waals surface area contributed by atoms with Crippen molar-refractivity contribution in [1.29, 1.82) is 0 Å². The molecule has 0 radical (unpaired) electrons. The van der Waals surface area contributed by atoms with E-state index in [4.69, 9.17) is 5.73 Å². The summed E-state index contributed by atoms with van der Waals surface area (Å²) in [7, 11) is 0. The van der Waals surface area contributed by atoms with Gasteiger partial charge < -0.3 is 5.73 Å². The van der Waals surface area contributed by atoms with Gasteiger partial charge in [-0.25, -0.2) is 0 Å². The fraction of sp³-hybridized carbons (Fsp3) is 1.00. The summed E-state index contributed by atoms with van der Waals surface area (Å²) in [6.07, 6.45) is 7.34. The van der Waals surface area contributed by atoms with Gasteiger partial charge in [0.25, 0.3) is 0 Å². The number of hydrogen-bond acceptors (Lipinski definition) is 1. The molecule has 2 saturated carbocycles. The Morgan fingerprint density at radius 2 is 1.40 bits per heavy atom. The van der Waals surface area contributed by atoms with Crippen LogP contribution >= 0.6 is 0 Å². The summed E-state index contributed by atoms with van der Waals surface area (Å²) in [4.78, 5) is 0. The van der Waals surface area contributed by atoms with Gasteiger partial charge in [-0.2, -0.15) is 0 Å². The van der Waals surface area contributed by atoms with Crippen molar-refractivity contribution in [3.63, 3.8) is 0 Å². The highest BCUT2D eigenvalue weighted by Crippen LogP contribution is 2.49.